The van der Waals surface area contributed by atoms with Crippen LogP contribution >= 0.6 is 23.2 Å². The van der Waals surface area contributed by atoms with Gasteiger partial charge in [0.1, 0.15) is 34.7 Å². The Balaban J connectivity index is -0.000000161. The van der Waals surface area contributed by atoms with Crippen molar-refractivity contribution in [2.75, 3.05) is 0 Å². The fraction of sp³-hybridized carbons (Fsp3) is 0.526. The monoisotopic (exact) mass is 987 g/mol. The zero-order valence-electron chi connectivity index (χ0n) is 45.2. The number of halogens is 2. The van der Waals surface area contributed by atoms with Gasteiger partial charge in [0.25, 0.3) is 10.5 Å². The fourth-order valence-corrected chi connectivity index (χ4v) is 4.43. The second-order valence-electron chi connectivity index (χ2n) is 17.1. The van der Waals surface area contributed by atoms with E-state index in [9.17, 15) is 43.2 Å². The van der Waals surface area contributed by atoms with Gasteiger partial charge in [-0.1, -0.05) is 159 Å². The molecular weight excluding hydrogens is 900 g/mol. The molecule has 0 unspecified atom stereocenters. The molecule has 0 bridgehead atoms. The average molecular weight is 988 g/mol. The Kier molecular flexibility index (Phi) is 52.1. The lowest BCUT2D eigenvalue weighted by Crippen LogP contribution is -2.15. The highest BCUT2D eigenvalue weighted by Crippen LogP contribution is 2.23. The van der Waals surface area contributed by atoms with Crippen molar-refractivity contribution in [3.8, 4) is 0 Å². The molecule has 3 aromatic rings. The average Bonchev–Trinajstić information content (AvgIpc) is 3.26. The smallest absolute Gasteiger partial charge is 0.252 e. The van der Waals surface area contributed by atoms with E-state index in [1.165, 1.54) is 33.1 Å². The van der Waals surface area contributed by atoms with E-state index in [-0.39, 0.29) is 46.0 Å². The van der Waals surface area contributed by atoms with Crippen LogP contribution in [0.4, 0.5) is 0 Å². The van der Waals surface area contributed by atoms with Crippen LogP contribution in [0.25, 0.3) is 0 Å². The molecular formula is C57H88Cl2O9. The van der Waals surface area contributed by atoms with Gasteiger partial charge in [-0.2, -0.15) is 0 Å². The summed E-state index contributed by atoms with van der Waals surface area (Å²) >= 11 is 10.5. The van der Waals surface area contributed by atoms with Gasteiger partial charge in [-0.3, -0.25) is 28.8 Å². The number of carbonyl (C=O) groups is 9. The highest BCUT2D eigenvalue weighted by atomic mass is 35.5. The fourth-order valence-electron chi connectivity index (χ4n) is 4.19. The number of aryl methyl sites for hydroxylation is 2. The van der Waals surface area contributed by atoms with Gasteiger partial charge in [0.15, 0.2) is 5.78 Å². The van der Waals surface area contributed by atoms with Crippen molar-refractivity contribution < 1.29 is 43.2 Å². The van der Waals surface area contributed by atoms with Crippen molar-refractivity contribution in [3.63, 3.8) is 0 Å². The molecule has 0 heterocycles. The van der Waals surface area contributed by atoms with E-state index in [1.54, 1.807) is 77.9 Å². The molecule has 4 rings (SSSR count). The summed E-state index contributed by atoms with van der Waals surface area (Å²) in [6.07, 6.45) is 8.55. The number of ketones is 7. The Hall–Kier alpha value is -4.73. The molecule has 1 aliphatic carbocycles. The molecule has 0 radical (unpaired) electrons. The topological polar surface area (TPSA) is 154 Å². The van der Waals surface area contributed by atoms with E-state index >= 15 is 0 Å². The van der Waals surface area contributed by atoms with Crippen LogP contribution in [0, 0.1) is 31.1 Å². The van der Waals surface area contributed by atoms with Gasteiger partial charge in [0, 0.05) is 46.8 Å². The second kappa shape index (κ2) is 47.3. The minimum absolute atomic E-state index is 0.121. The van der Waals surface area contributed by atoms with Crippen LogP contribution < -0.4 is 0 Å². The van der Waals surface area contributed by atoms with Gasteiger partial charge >= 0.3 is 0 Å². The third-order valence-electron chi connectivity index (χ3n) is 8.78. The van der Waals surface area contributed by atoms with Crippen molar-refractivity contribution in [1.82, 2.24) is 0 Å². The number of hydrogen-bond acceptors (Lipinski definition) is 9. The molecule has 1 aliphatic rings. The lowest BCUT2D eigenvalue weighted by molar-refractivity contribution is -0.124. The van der Waals surface area contributed by atoms with E-state index in [4.69, 9.17) is 23.2 Å². The zero-order valence-corrected chi connectivity index (χ0v) is 46.8. The Morgan fingerprint density at radius 1 is 0.574 bits per heavy atom. The zero-order chi connectivity index (χ0) is 54.6. The number of benzene rings is 3. The van der Waals surface area contributed by atoms with Gasteiger partial charge in [-0.05, 0) is 124 Å². The molecule has 0 N–H and O–H groups in total. The van der Waals surface area contributed by atoms with E-state index in [0.717, 1.165) is 42.4 Å². The molecule has 1 saturated carbocycles. The van der Waals surface area contributed by atoms with Crippen LogP contribution in [0.1, 0.15) is 211 Å². The molecule has 0 saturated heterocycles. The van der Waals surface area contributed by atoms with Crippen LogP contribution in [0.2, 0.25) is 0 Å². The predicted molar refractivity (Wildman–Crippen MR) is 286 cm³/mol. The Morgan fingerprint density at radius 2 is 0.897 bits per heavy atom. The molecule has 3 aromatic carbocycles. The second-order valence-corrected chi connectivity index (χ2v) is 17.8. The molecule has 0 atom stereocenters. The third-order valence-corrected chi connectivity index (χ3v) is 9.22. The predicted octanol–water partition coefficient (Wildman–Crippen LogP) is 15.6. The Labute approximate surface area is 422 Å². The third kappa shape index (κ3) is 57.4. The summed E-state index contributed by atoms with van der Waals surface area (Å²) in [5, 5.41) is -0.799. The first-order chi connectivity index (χ1) is 31.4. The standard InChI is InChI=1S/C9H9ClO.C8H14O.C8H8O.C7H5ClO.C6H12O.2C5H10O.C4H8O.C3H6O.C2H6/c1-6-3-7(2)5-8(4-6)9(10)11;2*1-7(9)8-5-3-2-4-6-8;8-7(9)6-4-2-1-3-5-6;1-5(7)6(2,3)4;1-4(2)5(3)6;1-3-4-5(2)6;1-3-4(2)5;1-3(2)4;1-2/h3-5H,1-2H3;8H,2-6H2,1H3;2-6H,1H3;1-5H;1-4H3;4H,1-3H3;3-4H2,1-2H3;3H2,1-2H3;1-2H3;1-2H3. The van der Waals surface area contributed by atoms with E-state index in [0.29, 0.717) is 29.2 Å². The van der Waals surface area contributed by atoms with Crippen LogP contribution in [-0.2, 0) is 28.8 Å². The van der Waals surface area contributed by atoms with Crippen molar-refractivity contribution in [3.05, 3.63) is 107 Å². The number of carbonyl (C=O) groups excluding carboxylic acids is 9. The van der Waals surface area contributed by atoms with Gasteiger partial charge in [-0.25, -0.2) is 0 Å². The van der Waals surface area contributed by atoms with Crippen LogP contribution in [0.15, 0.2) is 78.9 Å². The van der Waals surface area contributed by atoms with Crippen molar-refractivity contribution in [2.24, 2.45) is 17.3 Å². The van der Waals surface area contributed by atoms with Crippen molar-refractivity contribution in [2.45, 2.75) is 183 Å². The van der Waals surface area contributed by atoms with Gasteiger partial charge in [-0.15, -0.1) is 0 Å². The summed E-state index contributed by atoms with van der Waals surface area (Å²) in [5.74, 6) is 2.36. The van der Waals surface area contributed by atoms with E-state index in [2.05, 4.69) is 0 Å². The maximum absolute atomic E-state index is 10.8. The minimum atomic E-state index is -0.407. The summed E-state index contributed by atoms with van der Waals surface area (Å²) in [4.78, 5) is 92.5. The summed E-state index contributed by atoms with van der Waals surface area (Å²) in [6.45, 7) is 34.0. The largest absolute Gasteiger partial charge is 0.300 e. The highest BCUT2D eigenvalue weighted by Gasteiger charge is 2.16. The molecule has 0 spiro atoms. The molecule has 1 fully saturated rings. The van der Waals surface area contributed by atoms with Crippen LogP contribution in [0.3, 0.4) is 0 Å². The summed E-state index contributed by atoms with van der Waals surface area (Å²) < 4.78 is 0. The lowest BCUT2D eigenvalue weighted by Gasteiger charge is -2.17. The van der Waals surface area contributed by atoms with Crippen LogP contribution in [-0.4, -0.2) is 51.0 Å². The molecule has 11 heteroatoms. The SMILES string of the molecule is CC.CC(=O)C(C)(C)C.CC(=O)C(C)C.CC(=O)C1CCCCC1.CC(=O)c1ccccc1.CC(C)=O.CCC(C)=O.CCCC(C)=O.Cc1cc(C)cc(C(=O)Cl)c1.O=C(Cl)c1ccccc1. The maximum atomic E-state index is 10.8. The minimum Gasteiger partial charge on any atom is -0.300 e. The summed E-state index contributed by atoms with van der Waals surface area (Å²) in [7, 11) is 0. The number of hydrogen-bond donors (Lipinski definition) is 0. The quantitative estimate of drug-likeness (QED) is 0.158. The van der Waals surface area contributed by atoms with E-state index < -0.39 is 10.5 Å². The van der Waals surface area contributed by atoms with Crippen molar-refractivity contribution in [1.29, 1.82) is 0 Å². The number of Topliss-reactive ketones (excluding diaryl/α,β-unsaturated/α-hetero) is 7. The maximum Gasteiger partial charge on any atom is 0.252 e. The van der Waals surface area contributed by atoms with Crippen LogP contribution in [0.5, 0.6) is 0 Å². The highest BCUT2D eigenvalue weighted by molar-refractivity contribution is 6.68. The molecule has 0 aliphatic heterocycles. The summed E-state index contributed by atoms with van der Waals surface area (Å²) in [5.41, 5.74) is 3.88. The molecule has 384 valence electrons. The normalized spacial score (nSPS) is 10.6. The van der Waals surface area contributed by atoms with Crippen molar-refractivity contribution >= 4 is 74.2 Å². The van der Waals surface area contributed by atoms with E-state index in [1.807, 2.05) is 119 Å². The molecule has 0 amide bonds. The number of rotatable bonds is 8. The van der Waals surface area contributed by atoms with Gasteiger partial charge in [0.2, 0.25) is 0 Å². The first-order valence-corrected chi connectivity index (χ1v) is 24.2. The first-order valence-electron chi connectivity index (χ1n) is 23.4. The molecule has 0 aromatic heterocycles. The summed E-state index contributed by atoms with van der Waals surface area (Å²) in [6, 6.07) is 23.5. The first kappa shape index (κ1) is 74.8. The molecule has 9 nitrogen and oxygen atoms in total. The molecule has 68 heavy (non-hydrogen) atoms. The Bertz CT molecular complexity index is 1780. The van der Waals surface area contributed by atoms with Gasteiger partial charge in [0.05, 0.1) is 0 Å². The Morgan fingerprint density at radius 3 is 1.06 bits per heavy atom. The lowest BCUT2D eigenvalue weighted by atomic mass is 9.87. The van der Waals surface area contributed by atoms with Gasteiger partial charge < -0.3 is 14.4 Å².